The molecular formula is C12H21N3. The Morgan fingerprint density at radius 1 is 1.53 bits per heavy atom. The summed E-state index contributed by atoms with van der Waals surface area (Å²) in [7, 11) is 1.98. The normalized spacial score (nSPS) is 26.0. The molecule has 0 aromatic carbocycles. The molecule has 15 heavy (non-hydrogen) atoms. The molecule has 0 aliphatic heterocycles. The summed E-state index contributed by atoms with van der Waals surface area (Å²) in [6.07, 6.45) is 8.11. The van der Waals surface area contributed by atoms with Crippen molar-refractivity contribution in [3.63, 3.8) is 0 Å². The van der Waals surface area contributed by atoms with E-state index in [9.17, 15) is 0 Å². The molecule has 2 rings (SSSR count). The molecule has 1 heterocycles. The van der Waals surface area contributed by atoms with Crippen molar-refractivity contribution in [1.82, 2.24) is 14.9 Å². The van der Waals surface area contributed by atoms with Gasteiger partial charge in [0.2, 0.25) is 0 Å². The number of hydrogen-bond donors (Lipinski definition) is 1. The molecule has 1 aromatic heterocycles. The van der Waals surface area contributed by atoms with Gasteiger partial charge in [0, 0.05) is 19.3 Å². The van der Waals surface area contributed by atoms with Crippen molar-refractivity contribution in [3.8, 4) is 0 Å². The minimum atomic E-state index is 0.866. The lowest BCUT2D eigenvalue weighted by Crippen LogP contribution is -2.14. The highest BCUT2D eigenvalue weighted by Gasteiger charge is 2.21. The molecule has 1 aliphatic carbocycles. The van der Waals surface area contributed by atoms with Crippen LogP contribution in [-0.4, -0.2) is 16.6 Å². The minimum Gasteiger partial charge on any atom is -0.333 e. The lowest BCUT2D eigenvalue weighted by molar-refractivity contribution is 0.431. The molecule has 1 aliphatic rings. The fourth-order valence-corrected chi connectivity index (χ4v) is 2.61. The zero-order chi connectivity index (χ0) is 10.7. The topological polar surface area (TPSA) is 29.9 Å². The van der Waals surface area contributed by atoms with Gasteiger partial charge in [0.1, 0.15) is 0 Å². The third-order valence-corrected chi connectivity index (χ3v) is 3.41. The Hall–Kier alpha value is -0.830. The van der Waals surface area contributed by atoms with E-state index in [1.165, 1.54) is 25.0 Å². The number of nitrogens with one attached hydrogen (secondary N) is 1. The van der Waals surface area contributed by atoms with Crippen molar-refractivity contribution < 1.29 is 0 Å². The van der Waals surface area contributed by atoms with Crippen LogP contribution in [0.3, 0.4) is 0 Å². The first-order chi connectivity index (χ1) is 7.29. The molecule has 1 aromatic rings. The van der Waals surface area contributed by atoms with Crippen LogP contribution in [0.1, 0.15) is 31.9 Å². The molecule has 0 bridgehead atoms. The van der Waals surface area contributed by atoms with Crippen LogP contribution in [0.15, 0.2) is 12.5 Å². The van der Waals surface area contributed by atoms with Crippen molar-refractivity contribution in [2.75, 3.05) is 7.05 Å². The molecule has 0 amide bonds. The van der Waals surface area contributed by atoms with Crippen LogP contribution in [-0.2, 0) is 13.1 Å². The van der Waals surface area contributed by atoms with Crippen LogP contribution in [0.5, 0.6) is 0 Å². The van der Waals surface area contributed by atoms with E-state index in [2.05, 4.69) is 21.8 Å². The molecule has 0 saturated heterocycles. The van der Waals surface area contributed by atoms with E-state index in [1.54, 1.807) is 0 Å². The highest BCUT2D eigenvalue weighted by molar-refractivity contribution is 4.98. The Morgan fingerprint density at radius 2 is 2.40 bits per heavy atom. The molecule has 1 N–H and O–H groups in total. The fourth-order valence-electron chi connectivity index (χ4n) is 2.61. The van der Waals surface area contributed by atoms with E-state index in [0.29, 0.717) is 0 Å². The second-order valence-electron chi connectivity index (χ2n) is 4.85. The maximum Gasteiger partial charge on any atom is 0.0948 e. The third-order valence-electron chi connectivity index (χ3n) is 3.41. The first-order valence-electron chi connectivity index (χ1n) is 5.93. The standard InChI is InChI=1S/C12H21N3/c1-10-3-4-11(5-10)8-15-9-14-7-12(15)6-13-2/h7,9-11,13H,3-6,8H2,1-2H3. The van der Waals surface area contributed by atoms with Gasteiger partial charge in [0.25, 0.3) is 0 Å². The highest BCUT2D eigenvalue weighted by atomic mass is 15.1. The predicted octanol–water partition coefficient (Wildman–Crippen LogP) is 2.04. The van der Waals surface area contributed by atoms with E-state index in [1.807, 2.05) is 19.6 Å². The second kappa shape index (κ2) is 4.79. The molecule has 3 heteroatoms. The summed E-state index contributed by atoms with van der Waals surface area (Å²) in [5.41, 5.74) is 1.30. The van der Waals surface area contributed by atoms with Crippen molar-refractivity contribution in [3.05, 3.63) is 18.2 Å². The van der Waals surface area contributed by atoms with Gasteiger partial charge >= 0.3 is 0 Å². The van der Waals surface area contributed by atoms with Crippen molar-refractivity contribution in [1.29, 1.82) is 0 Å². The quantitative estimate of drug-likeness (QED) is 0.819. The van der Waals surface area contributed by atoms with Crippen LogP contribution in [0.2, 0.25) is 0 Å². The van der Waals surface area contributed by atoms with Crippen LogP contribution in [0, 0.1) is 11.8 Å². The Kier molecular flexibility index (Phi) is 3.41. The van der Waals surface area contributed by atoms with Gasteiger partial charge < -0.3 is 9.88 Å². The van der Waals surface area contributed by atoms with Gasteiger partial charge in [-0.3, -0.25) is 0 Å². The van der Waals surface area contributed by atoms with E-state index >= 15 is 0 Å². The number of imidazole rings is 1. The van der Waals surface area contributed by atoms with Gasteiger partial charge in [0.05, 0.1) is 12.0 Å². The number of aromatic nitrogens is 2. The average Bonchev–Trinajstić information content (AvgIpc) is 2.78. The summed E-state index contributed by atoms with van der Waals surface area (Å²) in [5, 5.41) is 3.18. The maximum absolute atomic E-state index is 4.22. The molecular weight excluding hydrogens is 186 g/mol. The number of rotatable bonds is 4. The van der Waals surface area contributed by atoms with Gasteiger partial charge in [0.15, 0.2) is 0 Å². The van der Waals surface area contributed by atoms with Crippen LogP contribution in [0.4, 0.5) is 0 Å². The van der Waals surface area contributed by atoms with E-state index in [-0.39, 0.29) is 0 Å². The minimum absolute atomic E-state index is 0.866. The predicted molar refractivity (Wildman–Crippen MR) is 61.5 cm³/mol. The first kappa shape index (κ1) is 10.7. The Bertz CT molecular complexity index is 306. The largest absolute Gasteiger partial charge is 0.333 e. The van der Waals surface area contributed by atoms with E-state index in [0.717, 1.165) is 24.9 Å². The Labute approximate surface area is 91.9 Å². The lowest BCUT2D eigenvalue weighted by atomic mass is 10.1. The van der Waals surface area contributed by atoms with Crippen LogP contribution < -0.4 is 5.32 Å². The second-order valence-corrected chi connectivity index (χ2v) is 4.85. The number of nitrogens with zero attached hydrogens (tertiary/aromatic N) is 2. The molecule has 3 nitrogen and oxygen atoms in total. The van der Waals surface area contributed by atoms with Gasteiger partial charge in [-0.05, 0) is 31.7 Å². The molecule has 84 valence electrons. The van der Waals surface area contributed by atoms with Crippen molar-refractivity contribution in [2.24, 2.45) is 11.8 Å². The monoisotopic (exact) mass is 207 g/mol. The summed E-state index contributed by atoms with van der Waals surface area (Å²) >= 11 is 0. The summed E-state index contributed by atoms with van der Waals surface area (Å²) in [6, 6.07) is 0. The summed E-state index contributed by atoms with van der Waals surface area (Å²) in [4.78, 5) is 4.22. The highest BCUT2D eigenvalue weighted by Crippen LogP contribution is 2.31. The Morgan fingerprint density at radius 3 is 3.07 bits per heavy atom. The molecule has 0 radical (unpaired) electrons. The summed E-state index contributed by atoms with van der Waals surface area (Å²) < 4.78 is 2.30. The van der Waals surface area contributed by atoms with Gasteiger partial charge in [-0.2, -0.15) is 0 Å². The van der Waals surface area contributed by atoms with Gasteiger partial charge in [-0.25, -0.2) is 4.98 Å². The smallest absolute Gasteiger partial charge is 0.0948 e. The fraction of sp³-hybridized carbons (Fsp3) is 0.750. The van der Waals surface area contributed by atoms with E-state index in [4.69, 9.17) is 0 Å². The Balaban J connectivity index is 1.95. The van der Waals surface area contributed by atoms with Crippen molar-refractivity contribution in [2.45, 2.75) is 39.3 Å². The molecule has 1 saturated carbocycles. The van der Waals surface area contributed by atoms with Crippen LogP contribution >= 0.6 is 0 Å². The summed E-state index contributed by atoms with van der Waals surface area (Å²) in [6.45, 7) is 4.44. The van der Waals surface area contributed by atoms with Gasteiger partial charge in [-0.15, -0.1) is 0 Å². The summed E-state index contributed by atoms with van der Waals surface area (Å²) in [5.74, 6) is 1.79. The lowest BCUT2D eigenvalue weighted by Gasteiger charge is -2.13. The first-order valence-corrected chi connectivity index (χ1v) is 5.93. The molecule has 2 atom stereocenters. The third kappa shape index (κ3) is 2.59. The molecule has 0 spiro atoms. The number of hydrogen-bond acceptors (Lipinski definition) is 2. The van der Waals surface area contributed by atoms with Crippen molar-refractivity contribution >= 4 is 0 Å². The SMILES string of the molecule is CNCc1cncn1CC1CCC(C)C1. The van der Waals surface area contributed by atoms with E-state index < -0.39 is 0 Å². The average molecular weight is 207 g/mol. The van der Waals surface area contributed by atoms with Crippen LogP contribution in [0.25, 0.3) is 0 Å². The maximum atomic E-state index is 4.22. The zero-order valence-electron chi connectivity index (χ0n) is 9.74. The molecule has 1 fully saturated rings. The van der Waals surface area contributed by atoms with Gasteiger partial charge in [-0.1, -0.05) is 13.3 Å². The zero-order valence-corrected chi connectivity index (χ0v) is 9.74. The molecule has 2 unspecified atom stereocenters.